The largest absolute Gasteiger partial charge is 0.396 e. The SMILES string of the molecule is Nc1cc(NC(=O)CCN2CCSCC2)ccc1F. The van der Waals surface area contributed by atoms with Crippen LogP contribution in [0.1, 0.15) is 6.42 Å². The topological polar surface area (TPSA) is 58.4 Å². The van der Waals surface area contributed by atoms with Crippen LogP contribution in [-0.2, 0) is 4.79 Å². The van der Waals surface area contributed by atoms with Gasteiger partial charge in [0.2, 0.25) is 5.91 Å². The summed E-state index contributed by atoms with van der Waals surface area (Å²) in [6.45, 7) is 2.85. The molecule has 0 saturated carbocycles. The third-order valence-corrected chi connectivity index (χ3v) is 3.98. The number of hydrogen-bond donors (Lipinski definition) is 2. The first kappa shape index (κ1) is 14.1. The molecule has 0 spiro atoms. The first-order chi connectivity index (χ1) is 9.15. The molecule has 1 amide bonds. The van der Waals surface area contributed by atoms with Crippen molar-refractivity contribution in [2.45, 2.75) is 6.42 Å². The van der Waals surface area contributed by atoms with E-state index in [4.69, 9.17) is 5.73 Å². The van der Waals surface area contributed by atoms with Gasteiger partial charge in [-0.1, -0.05) is 0 Å². The van der Waals surface area contributed by atoms with Gasteiger partial charge in [0, 0.05) is 43.2 Å². The highest BCUT2D eigenvalue weighted by atomic mass is 32.2. The molecule has 1 aromatic carbocycles. The van der Waals surface area contributed by atoms with Gasteiger partial charge in [0.15, 0.2) is 0 Å². The molecule has 2 rings (SSSR count). The fraction of sp³-hybridized carbons (Fsp3) is 0.462. The Morgan fingerprint density at radius 1 is 1.42 bits per heavy atom. The molecule has 1 saturated heterocycles. The maximum Gasteiger partial charge on any atom is 0.225 e. The summed E-state index contributed by atoms with van der Waals surface area (Å²) in [4.78, 5) is 14.1. The lowest BCUT2D eigenvalue weighted by atomic mass is 10.2. The van der Waals surface area contributed by atoms with Gasteiger partial charge in [-0.15, -0.1) is 0 Å². The number of nitrogens with one attached hydrogen (secondary N) is 1. The molecule has 0 unspecified atom stereocenters. The summed E-state index contributed by atoms with van der Waals surface area (Å²) < 4.78 is 13.0. The molecule has 19 heavy (non-hydrogen) atoms. The lowest BCUT2D eigenvalue weighted by Gasteiger charge is -2.25. The summed E-state index contributed by atoms with van der Waals surface area (Å²) in [7, 11) is 0. The van der Waals surface area contributed by atoms with Gasteiger partial charge in [0.1, 0.15) is 5.82 Å². The van der Waals surface area contributed by atoms with Crippen LogP contribution in [0.3, 0.4) is 0 Å². The van der Waals surface area contributed by atoms with Crippen LogP contribution in [0.5, 0.6) is 0 Å². The second-order valence-electron chi connectivity index (χ2n) is 4.49. The molecule has 0 aliphatic carbocycles. The van der Waals surface area contributed by atoms with Crippen LogP contribution in [0, 0.1) is 5.82 Å². The van der Waals surface area contributed by atoms with Crippen molar-refractivity contribution in [2.24, 2.45) is 0 Å². The van der Waals surface area contributed by atoms with E-state index >= 15 is 0 Å². The van der Waals surface area contributed by atoms with E-state index in [1.54, 1.807) is 0 Å². The van der Waals surface area contributed by atoms with Gasteiger partial charge in [-0.05, 0) is 18.2 Å². The average Bonchev–Trinajstić information content (AvgIpc) is 2.42. The van der Waals surface area contributed by atoms with Gasteiger partial charge in [-0.3, -0.25) is 4.79 Å². The molecule has 6 heteroatoms. The highest BCUT2D eigenvalue weighted by Gasteiger charge is 2.12. The van der Waals surface area contributed by atoms with Gasteiger partial charge in [-0.25, -0.2) is 4.39 Å². The molecule has 1 aromatic rings. The molecular formula is C13H18FN3OS. The number of rotatable bonds is 4. The summed E-state index contributed by atoms with van der Waals surface area (Å²) in [6, 6.07) is 4.21. The quantitative estimate of drug-likeness (QED) is 0.827. The lowest BCUT2D eigenvalue weighted by Crippen LogP contribution is -2.34. The molecule has 3 N–H and O–H groups in total. The van der Waals surface area contributed by atoms with Crippen LogP contribution in [0.4, 0.5) is 15.8 Å². The Hall–Kier alpha value is -1.27. The summed E-state index contributed by atoms with van der Waals surface area (Å²) >= 11 is 1.95. The molecule has 0 atom stereocenters. The molecule has 1 aliphatic heterocycles. The maximum atomic E-state index is 13.0. The second kappa shape index (κ2) is 6.77. The van der Waals surface area contributed by atoms with Crippen molar-refractivity contribution < 1.29 is 9.18 Å². The molecule has 1 fully saturated rings. The van der Waals surface area contributed by atoms with Crippen LogP contribution >= 0.6 is 11.8 Å². The average molecular weight is 283 g/mol. The van der Waals surface area contributed by atoms with E-state index in [0.717, 1.165) is 31.1 Å². The number of hydrogen-bond acceptors (Lipinski definition) is 4. The van der Waals surface area contributed by atoms with E-state index in [9.17, 15) is 9.18 Å². The molecule has 1 aliphatic rings. The minimum Gasteiger partial charge on any atom is -0.396 e. The van der Waals surface area contributed by atoms with Crippen molar-refractivity contribution in [1.29, 1.82) is 0 Å². The van der Waals surface area contributed by atoms with E-state index in [1.807, 2.05) is 11.8 Å². The number of benzene rings is 1. The summed E-state index contributed by atoms with van der Waals surface area (Å²) in [5, 5.41) is 2.73. The Labute approximate surface area is 116 Å². The number of carbonyl (C=O) groups excluding carboxylic acids is 1. The third-order valence-electron chi connectivity index (χ3n) is 3.04. The number of nitrogens with zero attached hydrogens (tertiary/aromatic N) is 1. The van der Waals surface area contributed by atoms with E-state index in [-0.39, 0.29) is 11.6 Å². The van der Waals surface area contributed by atoms with Crippen LogP contribution in [0.2, 0.25) is 0 Å². The van der Waals surface area contributed by atoms with E-state index in [1.165, 1.54) is 18.2 Å². The van der Waals surface area contributed by atoms with Crippen molar-refractivity contribution in [1.82, 2.24) is 4.90 Å². The van der Waals surface area contributed by atoms with E-state index in [0.29, 0.717) is 12.1 Å². The molecule has 0 radical (unpaired) electrons. The smallest absolute Gasteiger partial charge is 0.225 e. The van der Waals surface area contributed by atoms with Gasteiger partial charge in [-0.2, -0.15) is 11.8 Å². The highest BCUT2D eigenvalue weighted by Crippen LogP contribution is 2.16. The molecule has 0 bridgehead atoms. The van der Waals surface area contributed by atoms with Crippen LogP contribution in [0.15, 0.2) is 18.2 Å². The van der Waals surface area contributed by atoms with Crippen molar-refractivity contribution in [3.05, 3.63) is 24.0 Å². The van der Waals surface area contributed by atoms with Crippen LogP contribution in [-0.4, -0.2) is 41.9 Å². The zero-order valence-electron chi connectivity index (χ0n) is 10.7. The van der Waals surface area contributed by atoms with Crippen LogP contribution in [0.25, 0.3) is 0 Å². The van der Waals surface area contributed by atoms with Gasteiger partial charge >= 0.3 is 0 Å². The third kappa shape index (κ3) is 4.40. The standard InChI is InChI=1S/C13H18FN3OS/c14-11-2-1-10(9-12(11)15)16-13(18)3-4-17-5-7-19-8-6-17/h1-2,9H,3-8,15H2,(H,16,18). The van der Waals surface area contributed by atoms with Crippen LogP contribution < -0.4 is 11.1 Å². The number of thioether (sulfide) groups is 1. The number of nitrogens with two attached hydrogens (primary N) is 1. The van der Waals surface area contributed by atoms with Crippen molar-refractivity contribution >= 4 is 29.0 Å². The van der Waals surface area contributed by atoms with E-state index in [2.05, 4.69) is 10.2 Å². The Kier molecular flexibility index (Phi) is 5.04. The van der Waals surface area contributed by atoms with E-state index < -0.39 is 5.82 Å². The molecular weight excluding hydrogens is 265 g/mol. The number of amides is 1. The Bertz CT molecular complexity index is 450. The summed E-state index contributed by atoms with van der Waals surface area (Å²) in [5.41, 5.74) is 6.04. The predicted octanol–water partition coefficient (Wildman–Crippen LogP) is 1.79. The minimum atomic E-state index is -0.469. The first-order valence-corrected chi connectivity index (χ1v) is 7.45. The van der Waals surface area contributed by atoms with Gasteiger partial charge in [0.05, 0.1) is 5.69 Å². The zero-order valence-corrected chi connectivity index (χ0v) is 11.5. The Morgan fingerprint density at radius 3 is 2.84 bits per heavy atom. The van der Waals surface area contributed by atoms with Gasteiger partial charge < -0.3 is 16.0 Å². The Balaban J connectivity index is 1.78. The highest BCUT2D eigenvalue weighted by molar-refractivity contribution is 7.99. The number of anilines is 2. The predicted molar refractivity (Wildman–Crippen MR) is 77.8 cm³/mol. The number of carbonyl (C=O) groups is 1. The zero-order chi connectivity index (χ0) is 13.7. The number of halogens is 1. The minimum absolute atomic E-state index is 0.0471. The van der Waals surface area contributed by atoms with Gasteiger partial charge in [0.25, 0.3) is 0 Å². The fourth-order valence-corrected chi connectivity index (χ4v) is 2.91. The summed E-state index contributed by atoms with van der Waals surface area (Å²) in [5.74, 6) is 1.74. The summed E-state index contributed by atoms with van der Waals surface area (Å²) in [6.07, 6.45) is 0.446. The van der Waals surface area contributed by atoms with Crippen molar-refractivity contribution in [3.8, 4) is 0 Å². The first-order valence-electron chi connectivity index (χ1n) is 6.30. The molecule has 0 aromatic heterocycles. The molecule has 104 valence electrons. The number of nitrogen functional groups attached to an aromatic ring is 1. The second-order valence-corrected chi connectivity index (χ2v) is 5.71. The normalized spacial score (nSPS) is 16.3. The Morgan fingerprint density at radius 2 is 2.16 bits per heavy atom. The fourth-order valence-electron chi connectivity index (χ4n) is 1.93. The monoisotopic (exact) mass is 283 g/mol. The maximum absolute atomic E-state index is 13.0. The molecule has 1 heterocycles. The molecule has 4 nitrogen and oxygen atoms in total. The van der Waals surface area contributed by atoms with Crippen molar-refractivity contribution in [3.63, 3.8) is 0 Å². The van der Waals surface area contributed by atoms with Crippen molar-refractivity contribution in [2.75, 3.05) is 42.2 Å². The lowest BCUT2D eigenvalue weighted by molar-refractivity contribution is -0.116.